The van der Waals surface area contributed by atoms with Gasteiger partial charge in [0.15, 0.2) is 0 Å². The van der Waals surface area contributed by atoms with E-state index in [9.17, 15) is 14.4 Å². The van der Waals surface area contributed by atoms with Crippen LogP contribution < -0.4 is 68.9 Å². The fourth-order valence-corrected chi connectivity index (χ4v) is 0.976. The minimum Gasteiger partial charge on any atom is -0.790 e. The summed E-state index contributed by atoms with van der Waals surface area (Å²) in [5.41, 5.74) is 0. The molecule has 0 saturated carbocycles. The van der Waals surface area contributed by atoms with Crippen molar-refractivity contribution in [2.75, 3.05) is 0 Å². The largest absolute Gasteiger partial charge is 1.00 e. The first-order valence-electron chi connectivity index (χ1n) is 3.03. The number of rotatable bonds is 3. The molecule has 0 aliphatic carbocycles. The van der Waals surface area contributed by atoms with E-state index in [-0.39, 0.29) is 65.0 Å². The zero-order valence-corrected chi connectivity index (χ0v) is 13.1. The van der Waals surface area contributed by atoms with Gasteiger partial charge in [-0.15, -0.1) is 0 Å². The van der Waals surface area contributed by atoms with Gasteiger partial charge in [-0.05, 0) is 12.8 Å². The summed E-state index contributed by atoms with van der Waals surface area (Å²) in [6.45, 7) is 5.10. The molecular formula is C5H11Na2O4P. The second-order valence-corrected chi connectivity index (χ2v) is 3.61. The Hall–Kier alpha value is 2.11. The van der Waals surface area contributed by atoms with E-state index in [0.29, 0.717) is 0 Å². The Morgan fingerprint density at radius 3 is 1.58 bits per heavy atom. The fraction of sp³-hybridized carbons (Fsp3) is 1.00. The average molecular weight is 212 g/mol. The summed E-state index contributed by atoms with van der Waals surface area (Å²) in [4.78, 5) is 20.0. The third-order valence-electron chi connectivity index (χ3n) is 1.23. The van der Waals surface area contributed by atoms with Crippen LogP contribution in [-0.4, -0.2) is 6.10 Å². The van der Waals surface area contributed by atoms with Crippen LogP contribution in [0.2, 0.25) is 0 Å². The molecule has 62 valence electrons. The van der Waals surface area contributed by atoms with Crippen molar-refractivity contribution < 1.29 is 78.0 Å². The van der Waals surface area contributed by atoms with Gasteiger partial charge in [-0.25, -0.2) is 0 Å². The summed E-state index contributed by atoms with van der Waals surface area (Å²) in [5.74, 6) is 0.0382. The van der Waals surface area contributed by atoms with Crippen LogP contribution in [0.3, 0.4) is 0 Å². The molecule has 0 bridgehead atoms. The zero-order valence-electron chi connectivity index (χ0n) is 8.23. The molecule has 0 saturated heterocycles. The maximum Gasteiger partial charge on any atom is 1.00 e. The minimum atomic E-state index is -4.78. The molecule has 4 nitrogen and oxygen atoms in total. The predicted octanol–water partition coefficient (Wildman–Crippen LogP) is -6.12. The summed E-state index contributed by atoms with van der Waals surface area (Å²) >= 11 is 0. The quantitative estimate of drug-likeness (QED) is 0.345. The third kappa shape index (κ3) is 12.1. The van der Waals surface area contributed by atoms with E-state index >= 15 is 0 Å². The SMILES string of the molecule is CC(C)C(C)OP(=O)([O-])[O-].[Na+].[Na+]. The monoisotopic (exact) mass is 212 g/mol. The summed E-state index contributed by atoms with van der Waals surface area (Å²) in [5, 5.41) is 0. The maximum absolute atomic E-state index is 10.00. The van der Waals surface area contributed by atoms with Crippen LogP contribution in [0.5, 0.6) is 0 Å². The van der Waals surface area contributed by atoms with Crippen LogP contribution in [0.4, 0.5) is 0 Å². The third-order valence-corrected chi connectivity index (χ3v) is 1.82. The molecule has 0 aliphatic rings. The second kappa shape index (κ2) is 8.42. The molecular weight excluding hydrogens is 201 g/mol. The van der Waals surface area contributed by atoms with E-state index in [1.807, 2.05) is 0 Å². The Morgan fingerprint density at radius 1 is 1.17 bits per heavy atom. The van der Waals surface area contributed by atoms with E-state index < -0.39 is 13.9 Å². The van der Waals surface area contributed by atoms with Crippen LogP contribution in [0.25, 0.3) is 0 Å². The van der Waals surface area contributed by atoms with Crippen molar-refractivity contribution in [2.24, 2.45) is 5.92 Å². The first kappa shape index (κ1) is 19.6. The molecule has 1 atom stereocenters. The summed E-state index contributed by atoms with van der Waals surface area (Å²) in [6, 6.07) is 0. The van der Waals surface area contributed by atoms with E-state index in [2.05, 4.69) is 4.52 Å². The first-order chi connectivity index (χ1) is 4.33. The smallest absolute Gasteiger partial charge is 0.790 e. The number of phosphoric ester groups is 1. The predicted molar refractivity (Wildman–Crippen MR) is 33.0 cm³/mol. The van der Waals surface area contributed by atoms with Gasteiger partial charge in [0.05, 0.1) is 13.9 Å². The zero-order chi connectivity index (χ0) is 8.36. The van der Waals surface area contributed by atoms with Crippen LogP contribution in [-0.2, 0) is 9.09 Å². The summed E-state index contributed by atoms with van der Waals surface area (Å²) in [6.07, 6.45) is -0.527. The number of hydrogen-bond acceptors (Lipinski definition) is 4. The Morgan fingerprint density at radius 2 is 1.50 bits per heavy atom. The van der Waals surface area contributed by atoms with Crippen molar-refractivity contribution in [1.29, 1.82) is 0 Å². The Kier molecular flexibility index (Phi) is 13.8. The van der Waals surface area contributed by atoms with Crippen LogP contribution in [0.15, 0.2) is 0 Å². The second-order valence-electron chi connectivity index (χ2n) is 2.50. The molecule has 0 aromatic heterocycles. The molecule has 0 amide bonds. The van der Waals surface area contributed by atoms with Gasteiger partial charge in [0.25, 0.3) is 0 Å². The van der Waals surface area contributed by atoms with Gasteiger partial charge >= 0.3 is 59.1 Å². The molecule has 0 aromatic carbocycles. The molecule has 0 aromatic rings. The normalized spacial score (nSPS) is 13.2. The summed E-state index contributed by atoms with van der Waals surface area (Å²) in [7, 11) is -4.78. The van der Waals surface area contributed by atoms with E-state index in [0.717, 1.165) is 0 Å². The van der Waals surface area contributed by atoms with E-state index in [1.165, 1.54) is 0 Å². The summed E-state index contributed by atoms with van der Waals surface area (Å²) < 4.78 is 14.1. The molecule has 0 fully saturated rings. The average Bonchev–Trinajstić information content (AvgIpc) is 1.60. The van der Waals surface area contributed by atoms with Crippen molar-refractivity contribution in [3.05, 3.63) is 0 Å². The standard InChI is InChI=1S/C5H13O4P.2Na/c1-4(2)5(3)9-10(6,7)8;;/h4-5H,1-3H3,(H2,6,7,8);;/q;2*+1/p-2. The molecule has 0 heterocycles. The van der Waals surface area contributed by atoms with Crippen LogP contribution in [0.1, 0.15) is 20.8 Å². The van der Waals surface area contributed by atoms with Crippen molar-refractivity contribution >= 4 is 7.82 Å². The topological polar surface area (TPSA) is 72.4 Å². The number of phosphoric acid groups is 1. The molecule has 0 spiro atoms. The Balaban J connectivity index is -0.000000405. The maximum atomic E-state index is 10.00. The Labute approximate surface area is 117 Å². The molecule has 12 heavy (non-hydrogen) atoms. The van der Waals surface area contributed by atoms with Crippen molar-refractivity contribution in [2.45, 2.75) is 26.9 Å². The van der Waals surface area contributed by atoms with Gasteiger partial charge < -0.3 is 18.9 Å². The van der Waals surface area contributed by atoms with Gasteiger partial charge in [-0.2, -0.15) is 0 Å². The van der Waals surface area contributed by atoms with Crippen LogP contribution in [0, 0.1) is 5.92 Å². The van der Waals surface area contributed by atoms with E-state index in [1.54, 1.807) is 20.8 Å². The minimum absolute atomic E-state index is 0. The molecule has 0 rings (SSSR count). The molecule has 7 heteroatoms. The van der Waals surface area contributed by atoms with Gasteiger partial charge in [0.2, 0.25) is 0 Å². The van der Waals surface area contributed by atoms with Crippen LogP contribution >= 0.6 is 7.82 Å². The van der Waals surface area contributed by atoms with Gasteiger partial charge in [0, 0.05) is 0 Å². The van der Waals surface area contributed by atoms with E-state index in [4.69, 9.17) is 0 Å². The van der Waals surface area contributed by atoms with Crippen molar-refractivity contribution in [3.63, 3.8) is 0 Å². The molecule has 1 unspecified atom stereocenters. The van der Waals surface area contributed by atoms with Gasteiger partial charge in [-0.3, -0.25) is 0 Å². The van der Waals surface area contributed by atoms with Gasteiger partial charge in [-0.1, -0.05) is 13.8 Å². The Bertz CT molecular complexity index is 146. The molecule has 0 radical (unpaired) electrons. The van der Waals surface area contributed by atoms with Crippen molar-refractivity contribution in [1.82, 2.24) is 0 Å². The number of hydrogen-bond donors (Lipinski definition) is 0. The first-order valence-corrected chi connectivity index (χ1v) is 4.49. The van der Waals surface area contributed by atoms with Gasteiger partial charge in [0.1, 0.15) is 0 Å². The molecule has 0 N–H and O–H groups in total. The van der Waals surface area contributed by atoms with Crippen molar-refractivity contribution in [3.8, 4) is 0 Å². The fourth-order valence-electron chi connectivity index (χ4n) is 0.325. The molecule has 0 aliphatic heterocycles.